The first kappa shape index (κ1) is 17.3. The Morgan fingerprint density at radius 2 is 1.75 bits per heavy atom. The van der Waals surface area contributed by atoms with Crippen molar-refractivity contribution in [1.82, 2.24) is 4.57 Å². The van der Waals surface area contributed by atoms with Gasteiger partial charge in [0.25, 0.3) is 16.9 Å². The van der Waals surface area contributed by atoms with Crippen molar-refractivity contribution in [2.75, 3.05) is 5.32 Å². The van der Waals surface area contributed by atoms with Crippen LogP contribution in [-0.2, 0) is 11.3 Å². The van der Waals surface area contributed by atoms with Gasteiger partial charge in [-0.2, -0.15) is 0 Å². The largest absolute Gasteiger partial charge is 0.323 e. The van der Waals surface area contributed by atoms with Crippen LogP contribution in [0.15, 0.2) is 45.8 Å². The number of aromatic nitrogens is 1. The van der Waals surface area contributed by atoms with Crippen molar-refractivity contribution in [3.63, 3.8) is 0 Å². The van der Waals surface area contributed by atoms with E-state index in [0.29, 0.717) is 0 Å². The number of non-ortho nitro benzene ring substituents is 1. The third-order valence-corrected chi connectivity index (χ3v) is 3.59. The van der Waals surface area contributed by atoms with Gasteiger partial charge in [-0.15, -0.1) is 0 Å². The van der Waals surface area contributed by atoms with Gasteiger partial charge in [-0.1, -0.05) is 0 Å². The van der Waals surface area contributed by atoms with Crippen LogP contribution in [0, 0.1) is 20.2 Å². The Morgan fingerprint density at radius 1 is 1.12 bits per heavy atom. The van der Waals surface area contributed by atoms with Crippen LogP contribution in [0.5, 0.6) is 0 Å². The molecule has 11 heteroatoms. The van der Waals surface area contributed by atoms with Crippen LogP contribution in [0.25, 0.3) is 0 Å². The first-order valence-electron chi connectivity index (χ1n) is 6.36. The molecule has 0 atom stereocenters. The highest BCUT2D eigenvalue weighted by atomic mass is 79.9. The third kappa shape index (κ3) is 4.01. The van der Waals surface area contributed by atoms with Crippen molar-refractivity contribution in [1.29, 1.82) is 0 Å². The second-order valence-electron chi connectivity index (χ2n) is 4.58. The molecule has 0 unspecified atom stereocenters. The summed E-state index contributed by atoms with van der Waals surface area (Å²) in [5, 5.41) is 23.8. The van der Waals surface area contributed by atoms with Crippen molar-refractivity contribution < 1.29 is 14.6 Å². The third-order valence-electron chi connectivity index (χ3n) is 2.93. The zero-order chi connectivity index (χ0) is 17.9. The molecule has 2 rings (SSSR count). The van der Waals surface area contributed by atoms with Gasteiger partial charge in [0, 0.05) is 28.7 Å². The lowest BCUT2D eigenvalue weighted by atomic mass is 10.3. The fourth-order valence-electron chi connectivity index (χ4n) is 1.81. The quantitative estimate of drug-likeness (QED) is 0.606. The summed E-state index contributed by atoms with van der Waals surface area (Å²) >= 11 is 3.10. The number of rotatable bonds is 5. The van der Waals surface area contributed by atoms with Crippen molar-refractivity contribution in [3.8, 4) is 0 Å². The Morgan fingerprint density at radius 3 is 2.33 bits per heavy atom. The van der Waals surface area contributed by atoms with E-state index < -0.39 is 27.9 Å². The highest BCUT2D eigenvalue weighted by molar-refractivity contribution is 9.10. The van der Waals surface area contributed by atoms with E-state index in [-0.39, 0.29) is 21.5 Å². The van der Waals surface area contributed by atoms with E-state index in [1.54, 1.807) is 0 Å². The number of anilines is 1. The van der Waals surface area contributed by atoms with Crippen LogP contribution in [0.3, 0.4) is 0 Å². The summed E-state index contributed by atoms with van der Waals surface area (Å²) in [6, 6.07) is 5.79. The first-order valence-corrected chi connectivity index (χ1v) is 7.16. The molecule has 0 saturated heterocycles. The van der Waals surface area contributed by atoms with E-state index in [4.69, 9.17) is 0 Å². The number of carbonyl (C=O) groups excluding carboxylic acids is 1. The topological polar surface area (TPSA) is 137 Å². The summed E-state index contributed by atoms with van der Waals surface area (Å²) in [4.78, 5) is 43.7. The number of nitrogens with one attached hydrogen (secondary N) is 1. The van der Waals surface area contributed by atoms with Crippen LogP contribution in [0.2, 0.25) is 0 Å². The SMILES string of the molecule is O=C(Cn1cc([N+](=O)[O-])ccc1=O)Nc1ccc([N+](=O)[O-])cc1Br. The normalized spacial score (nSPS) is 10.2. The molecule has 0 aliphatic carbocycles. The zero-order valence-corrected chi connectivity index (χ0v) is 13.4. The minimum atomic E-state index is -0.680. The van der Waals surface area contributed by atoms with Crippen LogP contribution in [0.4, 0.5) is 17.1 Å². The highest BCUT2D eigenvalue weighted by Gasteiger charge is 2.13. The molecule has 0 saturated carbocycles. The summed E-state index contributed by atoms with van der Waals surface area (Å²) in [5.74, 6) is -0.618. The maximum Gasteiger partial charge on any atom is 0.285 e. The summed E-state index contributed by atoms with van der Waals surface area (Å²) < 4.78 is 1.18. The molecule has 1 aromatic heterocycles. The van der Waals surface area contributed by atoms with Crippen LogP contribution < -0.4 is 10.9 Å². The van der Waals surface area contributed by atoms with Gasteiger partial charge in [0.05, 0.1) is 21.7 Å². The zero-order valence-electron chi connectivity index (χ0n) is 11.8. The van der Waals surface area contributed by atoms with Gasteiger partial charge in [0.15, 0.2) is 0 Å². The second-order valence-corrected chi connectivity index (χ2v) is 5.43. The van der Waals surface area contributed by atoms with Crippen LogP contribution in [0.1, 0.15) is 0 Å². The average Bonchev–Trinajstić information content (AvgIpc) is 2.51. The Kier molecular flexibility index (Phi) is 5.04. The molecule has 0 aliphatic heterocycles. The van der Waals surface area contributed by atoms with Crippen molar-refractivity contribution in [2.45, 2.75) is 6.54 Å². The number of nitro groups is 2. The molecule has 124 valence electrons. The molecule has 1 heterocycles. The van der Waals surface area contributed by atoms with E-state index in [1.165, 1.54) is 18.2 Å². The smallest absolute Gasteiger partial charge is 0.285 e. The molecule has 1 N–H and O–H groups in total. The number of carbonyl (C=O) groups is 1. The number of nitrogens with zero attached hydrogens (tertiary/aromatic N) is 3. The van der Waals surface area contributed by atoms with E-state index in [9.17, 15) is 29.8 Å². The fourth-order valence-corrected chi connectivity index (χ4v) is 2.28. The fraction of sp³-hybridized carbons (Fsp3) is 0.0769. The van der Waals surface area contributed by atoms with Crippen molar-refractivity contribution >= 4 is 38.9 Å². The molecule has 0 aliphatic rings. The Labute approximate surface area is 142 Å². The molecule has 1 amide bonds. The van der Waals surface area contributed by atoms with E-state index in [2.05, 4.69) is 21.2 Å². The van der Waals surface area contributed by atoms with Gasteiger partial charge >= 0.3 is 0 Å². The minimum absolute atomic E-state index is 0.158. The van der Waals surface area contributed by atoms with E-state index in [1.807, 2.05) is 0 Å². The molecule has 0 radical (unpaired) electrons. The summed E-state index contributed by atoms with van der Waals surface area (Å²) in [7, 11) is 0. The van der Waals surface area contributed by atoms with Gasteiger partial charge in [0.1, 0.15) is 6.54 Å². The molecule has 10 nitrogen and oxygen atoms in total. The van der Waals surface area contributed by atoms with Crippen molar-refractivity contribution in [3.05, 3.63) is 71.6 Å². The Bertz CT molecular complexity index is 894. The molecular formula is C13H9BrN4O6. The number of amides is 1. The van der Waals surface area contributed by atoms with Crippen LogP contribution >= 0.6 is 15.9 Å². The molecule has 0 spiro atoms. The van der Waals surface area contributed by atoms with Gasteiger partial charge < -0.3 is 5.32 Å². The number of hydrogen-bond acceptors (Lipinski definition) is 6. The number of halogens is 1. The number of hydrogen-bond donors (Lipinski definition) is 1. The van der Waals surface area contributed by atoms with E-state index >= 15 is 0 Å². The predicted octanol–water partition coefficient (Wildman–Crippen LogP) is 2.07. The molecule has 2 aromatic rings. The van der Waals surface area contributed by atoms with Gasteiger partial charge in [0.2, 0.25) is 5.91 Å². The van der Waals surface area contributed by atoms with Gasteiger partial charge in [-0.05, 0) is 22.0 Å². The first-order chi connectivity index (χ1) is 11.3. The Balaban J connectivity index is 2.17. The second kappa shape index (κ2) is 7.00. The lowest BCUT2D eigenvalue weighted by molar-refractivity contribution is -0.385. The van der Waals surface area contributed by atoms with E-state index in [0.717, 1.165) is 22.9 Å². The molecule has 0 fully saturated rings. The number of nitro benzene ring substituents is 1. The van der Waals surface area contributed by atoms with Crippen LogP contribution in [-0.4, -0.2) is 20.3 Å². The highest BCUT2D eigenvalue weighted by Crippen LogP contribution is 2.27. The lowest BCUT2D eigenvalue weighted by Crippen LogP contribution is -2.27. The Hall–Kier alpha value is -3.08. The maximum absolute atomic E-state index is 12.0. The lowest BCUT2D eigenvalue weighted by Gasteiger charge is -2.08. The maximum atomic E-state index is 12.0. The molecule has 1 aromatic carbocycles. The molecule has 0 bridgehead atoms. The minimum Gasteiger partial charge on any atom is -0.323 e. The standard InChI is InChI=1S/C13H9BrN4O6/c14-10-5-8(17(21)22)1-3-11(10)15-12(19)7-16-6-9(18(23)24)2-4-13(16)20/h1-6H,7H2,(H,15,19). The van der Waals surface area contributed by atoms with Gasteiger partial charge in [-0.3, -0.25) is 34.4 Å². The summed E-state index contributed by atoms with van der Waals surface area (Å²) in [6.45, 7) is -0.441. The molecular weight excluding hydrogens is 388 g/mol. The molecule has 24 heavy (non-hydrogen) atoms. The number of pyridine rings is 1. The summed E-state index contributed by atoms with van der Waals surface area (Å²) in [5.41, 5.74) is -0.781. The summed E-state index contributed by atoms with van der Waals surface area (Å²) in [6.07, 6.45) is 0.965. The predicted molar refractivity (Wildman–Crippen MR) is 86.8 cm³/mol. The van der Waals surface area contributed by atoms with Crippen molar-refractivity contribution in [2.24, 2.45) is 0 Å². The average molecular weight is 397 g/mol. The monoisotopic (exact) mass is 396 g/mol. The number of benzene rings is 1. The van der Waals surface area contributed by atoms with Gasteiger partial charge in [-0.25, -0.2) is 0 Å².